The number of esters is 1. The van der Waals surface area contributed by atoms with Crippen LogP contribution in [0, 0.1) is 5.92 Å². The molecule has 0 spiro atoms. The van der Waals surface area contributed by atoms with Crippen LogP contribution in [0.1, 0.15) is 33.1 Å². The van der Waals surface area contributed by atoms with Crippen LogP contribution in [-0.2, 0) is 9.53 Å². The zero-order valence-electron chi connectivity index (χ0n) is 13.1. The van der Waals surface area contributed by atoms with E-state index in [2.05, 4.69) is 16.8 Å². The third kappa shape index (κ3) is 3.51. The normalized spacial score (nSPS) is 31.4. The van der Waals surface area contributed by atoms with Gasteiger partial charge in [-0.3, -0.25) is 4.79 Å². The second-order valence-electron chi connectivity index (χ2n) is 6.61. The molecule has 0 aliphatic carbocycles. The van der Waals surface area contributed by atoms with Crippen LogP contribution in [0.2, 0.25) is 0 Å². The summed E-state index contributed by atoms with van der Waals surface area (Å²) in [5.74, 6) is 0.434. The molecule has 0 aromatic rings. The first-order valence-electron chi connectivity index (χ1n) is 7.82. The Balaban J connectivity index is 1.90. The summed E-state index contributed by atoms with van der Waals surface area (Å²) in [4.78, 5) is 16.7. The Morgan fingerprint density at radius 1 is 1.40 bits per heavy atom. The highest BCUT2D eigenvalue weighted by molar-refractivity contribution is 5.80. The van der Waals surface area contributed by atoms with E-state index in [1.807, 2.05) is 6.92 Å². The van der Waals surface area contributed by atoms with Gasteiger partial charge in [-0.05, 0) is 59.2 Å². The largest absolute Gasteiger partial charge is 0.465 e. The number of rotatable bonds is 4. The first-order valence-corrected chi connectivity index (χ1v) is 7.82. The third-order valence-corrected chi connectivity index (χ3v) is 4.72. The van der Waals surface area contributed by atoms with Gasteiger partial charge in [0.05, 0.1) is 6.61 Å². The van der Waals surface area contributed by atoms with Crippen LogP contribution in [0.25, 0.3) is 0 Å². The van der Waals surface area contributed by atoms with E-state index in [4.69, 9.17) is 10.5 Å². The van der Waals surface area contributed by atoms with Crippen molar-refractivity contribution in [3.05, 3.63) is 0 Å². The van der Waals surface area contributed by atoms with E-state index in [9.17, 15) is 4.79 Å². The summed E-state index contributed by atoms with van der Waals surface area (Å²) in [6.07, 6.45) is 3.76. The molecular formula is C15H29N3O2. The summed E-state index contributed by atoms with van der Waals surface area (Å²) >= 11 is 0. The van der Waals surface area contributed by atoms with E-state index in [0.29, 0.717) is 19.2 Å². The molecule has 0 aromatic carbocycles. The number of nitrogens with two attached hydrogens (primary N) is 1. The summed E-state index contributed by atoms with van der Waals surface area (Å²) in [7, 11) is 2.23. The van der Waals surface area contributed by atoms with Gasteiger partial charge >= 0.3 is 5.97 Å². The Morgan fingerprint density at radius 2 is 2.15 bits per heavy atom. The van der Waals surface area contributed by atoms with Crippen molar-refractivity contribution < 1.29 is 9.53 Å². The fourth-order valence-corrected chi connectivity index (χ4v) is 3.70. The summed E-state index contributed by atoms with van der Waals surface area (Å²) in [5, 5.41) is 0. The van der Waals surface area contributed by atoms with Crippen LogP contribution < -0.4 is 5.73 Å². The predicted octanol–water partition coefficient (Wildman–Crippen LogP) is 0.683. The van der Waals surface area contributed by atoms with Gasteiger partial charge in [0.1, 0.15) is 5.54 Å². The van der Waals surface area contributed by atoms with Gasteiger partial charge in [0.25, 0.3) is 0 Å². The van der Waals surface area contributed by atoms with E-state index in [-0.39, 0.29) is 5.97 Å². The minimum atomic E-state index is -0.899. The maximum absolute atomic E-state index is 11.9. The molecule has 2 fully saturated rings. The quantitative estimate of drug-likeness (QED) is 0.769. The lowest BCUT2D eigenvalue weighted by atomic mass is 9.83. The van der Waals surface area contributed by atoms with Crippen molar-refractivity contribution in [1.29, 1.82) is 0 Å². The number of nitrogens with zero attached hydrogens (tertiary/aromatic N) is 2. The van der Waals surface area contributed by atoms with Gasteiger partial charge in [-0.25, -0.2) is 0 Å². The Hall–Kier alpha value is -0.650. The number of hydrogen-bond acceptors (Lipinski definition) is 5. The van der Waals surface area contributed by atoms with E-state index < -0.39 is 5.54 Å². The lowest BCUT2D eigenvalue weighted by molar-refractivity contribution is -0.150. The molecule has 5 nitrogen and oxygen atoms in total. The van der Waals surface area contributed by atoms with Crippen LogP contribution >= 0.6 is 0 Å². The fraction of sp³-hybridized carbons (Fsp3) is 0.933. The molecule has 3 unspecified atom stereocenters. The Kier molecular flexibility index (Phi) is 5.04. The first-order chi connectivity index (χ1) is 9.44. The number of hydrogen-bond donors (Lipinski definition) is 1. The smallest absolute Gasteiger partial charge is 0.327 e. The minimum Gasteiger partial charge on any atom is -0.465 e. The minimum absolute atomic E-state index is 0.289. The topological polar surface area (TPSA) is 58.8 Å². The molecule has 2 aliphatic rings. The molecule has 116 valence electrons. The SMILES string of the molecule is CCOC(=O)C(C)(N)CN1CCC2C(CCCN2C)C1. The van der Waals surface area contributed by atoms with E-state index in [0.717, 1.165) is 19.0 Å². The molecule has 5 heteroatoms. The van der Waals surface area contributed by atoms with Gasteiger partial charge in [0.2, 0.25) is 0 Å². The van der Waals surface area contributed by atoms with Crippen molar-refractivity contribution in [2.45, 2.75) is 44.7 Å². The van der Waals surface area contributed by atoms with Crippen LogP contribution in [0.4, 0.5) is 0 Å². The fourth-order valence-electron chi connectivity index (χ4n) is 3.70. The summed E-state index contributed by atoms with van der Waals surface area (Å²) < 4.78 is 5.07. The number of piperidine rings is 2. The molecule has 2 N–H and O–H groups in total. The Morgan fingerprint density at radius 3 is 2.85 bits per heavy atom. The van der Waals surface area contributed by atoms with Crippen LogP contribution in [0.5, 0.6) is 0 Å². The third-order valence-electron chi connectivity index (χ3n) is 4.72. The van der Waals surface area contributed by atoms with Gasteiger partial charge in [-0.15, -0.1) is 0 Å². The Bertz CT molecular complexity index is 346. The predicted molar refractivity (Wildman–Crippen MR) is 79.4 cm³/mol. The zero-order chi connectivity index (χ0) is 14.8. The van der Waals surface area contributed by atoms with Gasteiger partial charge in [-0.1, -0.05) is 0 Å². The molecule has 0 saturated carbocycles. The van der Waals surface area contributed by atoms with Gasteiger partial charge in [-0.2, -0.15) is 0 Å². The highest BCUT2D eigenvalue weighted by atomic mass is 16.5. The standard InChI is InChI=1S/C15H29N3O2/c1-4-20-14(19)15(2,16)11-18-9-7-13-12(10-18)6-5-8-17(13)3/h12-13H,4-11,16H2,1-3H3. The highest BCUT2D eigenvalue weighted by Crippen LogP contribution is 2.30. The van der Waals surface area contributed by atoms with Crippen LogP contribution in [0.15, 0.2) is 0 Å². The number of carbonyl (C=O) groups excluding carboxylic acids is 1. The van der Waals surface area contributed by atoms with Gasteiger partial charge in [0.15, 0.2) is 0 Å². The van der Waals surface area contributed by atoms with Crippen molar-refractivity contribution in [3.8, 4) is 0 Å². The molecule has 3 atom stereocenters. The average Bonchev–Trinajstić information content (AvgIpc) is 2.38. The molecular weight excluding hydrogens is 254 g/mol. The molecule has 0 radical (unpaired) electrons. The molecule has 2 rings (SSSR count). The lowest BCUT2D eigenvalue weighted by Gasteiger charge is -2.47. The van der Waals surface area contributed by atoms with Crippen molar-refractivity contribution in [2.24, 2.45) is 11.7 Å². The van der Waals surface area contributed by atoms with E-state index in [1.165, 1.54) is 25.8 Å². The summed E-state index contributed by atoms with van der Waals surface area (Å²) in [5.41, 5.74) is 5.25. The molecule has 20 heavy (non-hydrogen) atoms. The number of likely N-dealkylation sites (tertiary alicyclic amines) is 2. The molecule has 2 saturated heterocycles. The zero-order valence-corrected chi connectivity index (χ0v) is 13.1. The molecule has 2 aliphatic heterocycles. The van der Waals surface area contributed by atoms with Crippen molar-refractivity contribution >= 4 is 5.97 Å². The van der Waals surface area contributed by atoms with Crippen molar-refractivity contribution in [1.82, 2.24) is 9.80 Å². The molecule has 0 bridgehead atoms. The number of fused-ring (bicyclic) bond motifs is 1. The van der Waals surface area contributed by atoms with Crippen molar-refractivity contribution in [2.75, 3.05) is 39.8 Å². The first kappa shape index (κ1) is 15.7. The number of carbonyl (C=O) groups is 1. The van der Waals surface area contributed by atoms with Crippen molar-refractivity contribution in [3.63, 3.8) is 0 Å². The van der Waals surface area contributed by atoms with E-state index in [1.54, 1.807) is 6.92 Å². The molecule has 0 aromatic heterocycles. The van der Waals surface area contributed by atoms with Crippen LogP contribution in [-0.4, -0.2) is 67.2 Å². The number of ether oxygens (including phenoxy) is 1. The summed E-state index contributed by atoms with van der Waals surface area (Å²) in [6, 6.07) is 0.714. The molecule has 2 heterocycles. The average molecular weight is 283 g/mol. The van der Waals surface area contributed by atoms with Crippen LogP contribution in [0.3, 0.4) is 0 Å². The maximum atomic E-state index is 11.9. The van der Waals surface area contributed by atoms with E-state index >= 15 is 0 Å². The maximum Gasteiger partial charge on any atom is 0.327 e. The second kappa shape index (κ2) is 6.41. The highest BCUT2D eigenvalue weighted by Gasteiger charge is 2.38. The Labute approximate surface area is 122 Å². The monoisotopic (exact) mass is 283 g/mol. The molecule has 0 amide bonds. The lowest BCUT2D eigenvalue weighted by Crippen LogP contribution is -2.59. The summed E-state index contributed by atoms with van der Waals surface area (Å²) in [6.45, 7) is 7.89. The second-order valence-corrected chi connectivity index (χ2v) is 6.61. The van der Waals surface area contributed by atoms with Gasteiger partial charge in [0, 0.05) is 19.1 Å². The van der Waals surface area contributed by atoms with Gasteiger partial charge < -0.3 is 20.3 Å².